The lowest BCUT2D eigenvalue weighted by molar-refractivity contribution is -0.118. The normalized spacial score (nSPS) is 16.9. The molecule has 0 bridgehead atoms. The van der Waals surface area contributed by atoms with Gasteiger partial charge < -0.3 is 22.1 Å². The van der Waals surface area contributed by atoms with Crippen molar-refractivity contribution < 1.29 is 9.59 Å². The number of anilines is 4. The molecule has 72 heavy (non-hydrogen) atoms. The maximum atomic E-state index is 12.9. The van der Waals surface area contributed by atoms with Gasteiger partial charge in [-0.2, -0.15) is 20.4 Å². The average Bonchev–Trinajstić information content (AvgIpc) is 4.08. The number of pyridine rings is 4. The summed E-state index contributed by atoms with van der Waals surface area (Å²) in [4.78, 5) is 44.0. The molecule has 0 saturated heterocycles. The van der Waals surface area contributed by atoms with Gasteiger partial charge in [0, 0.05) is 123 Å². The van der Waals surface area contributed by atoms with Crippen LogP contribution in [0.4, 0.5) is 23.0 Å². The summed E-state index contributed by atoms with van der Waals surface area (Å²) >= 11 is 0. The quantitative estimate of drug-likeness (QED) is 0.0952. The summed E-state index contributed by atoms with van der Waals surface area (Å²) in [6.45, 7) is 4.12. The van der Waals surface area contributed by atoms with Crippen LogP contribution in [-0.4, -0.2) is 70.9 Å². The zero-order chi connectivity index (χ0) is 49.9. The molecule has 0 radical (unpaired) electrons. The van der Waals surface area contributed by atoms with Crippen LogP contribution in [0.5, 0.6) is 0 Å². The standard InChI is InChI=1S/2C27H26N8O/c2*1-15-4-6-29-26(23-5-7-31-35(23)3)25(15)17-8-16-10-24(30-13-21(16)22(28)9-17)33-27(36)20-11-19(20)18-12-32-34(2)14-18/h2*4-10,12-14,19-20H,11,28H2,1-3H3,(H,30,33,36)/t19-,20+;19-,20-/m10/s1. The number of nitrogen functional groups attached to an aromatic ring is 2. The molecule has 2 aliphatic rings. The van der Waals surface area contributed by atoms with Crippen LogP contribution in [0.15, 0.2) is 123 Å². The van der Waals surface area contributed by atoms with Gasteiger partial charge in [0.2, 0.25) is 11.8 Å². The number of nitrogens with one attached hydrogen (secondary N) is 2. The minimum atomic E-state index is -0.0670. The Labute approximate surface area is 414 Å². The molecule has 0 unspecified atom stereocenters. The topological polar surface area (TPSA) is 233 Å². The molecule has 18 heteroatoms. The minimum absolute atomic E-state index is 0.0265. The summed E-state index contributed by atoms with van der Waals surface area (Å²) in [5, 5.41) is 26.5. The van der Waals surface area contributed by atoms with E-state index in [1.807, 2.05) is 111 Å². The van der Waals surface area contributed by atoms with Crippen molar-refractivity contribution in [3.8, 4) is 45.0 Å². The van der Waals surface area contributed by atoms with Gasteiger partial charge in [0.1, 0.15) is 11.6 Å². The number of rotatable bonds is 10. The molecule has 360 valence electrons. The Morgan fingerprint density at radius 1 is 0.542 bits per heavy atom. The first-order valence-electron chi connectivity index (χ1n) is 23.6. The largest absolute Gasteiger partial charge is 0.398 e. The summed E-state index contributed by atoms with van der Waals surface area (Å²) in [6.07, 6.45) is 19.8. The Morgan fingerprint density at radius 2 is 0.972 bits per heavy atom. The third-order valence-corrected chi connectivity index (χ3v) is 13.8. The van der Waals surface area contributed by atoms with Gasteiger partial charge in [-0.1, -0.05) is 0 Å². The second kappa shape index (κ2) is 18.0. The van der Waals surface area contributed by atoms with Gasteiger partial charge in [-0.15, -0.1) is 0 Å². The lowest BCUT2D eigenvalue weighted by Gasteiger charge is -2.14. The van der Waals surface area contributed by atoms with Gasteiger partial charge >= 0.3 is 0 Å². The molecule has 2 saturated carbocycles. The SMILES string of the molecule is Cc1ccnc(-c2ccnn2C)c1-c1cc(N)c2cnc(NC(=O)[C@H]3C[C@@H]3c3cnn(C)c3)cc2c1.Cc1ccnc(-c2ccnn2C)c1-c1cc(N)c2cnc(NC(=O)[C@H]3C[C@H]3c3cnn(C)c3)cc2c1. The van der Waals surface area contributed by atoms with E-state index in [9.17, 15) is 9.59 Å². The second-order valence-corrected chi connectivity index (χ2v) is 18.9. The highest BCUT2D eigenvalue weighted by Crippen LogP contribution is 2.49. The second-order valence-electron chi connectivity index (χ2n) is 18.9. The number of carbonyl (C=O) groups is 2. The van der Waals surface area contributed by atoms with E-state index in [1.54, 1.807) is 46.5 Å². The van der Waals surface area contributed by atoms with Crippen LogP contribution in [0.2, 0.25) is 0 Å². The van der Waals surface area contributed by atoms with Crippen molar-refractivity contribution in [3.63, 3.8) is 0 Å². The molecule has 0 spiro atoms. The number of hydrogen-bond donors (Lipinski definition) is 4. The maximum Gasteiger partial charge on any atom is 0.229 e. The van der Waals surface area contributed by atoms with E-state index in [-0.39, 0.29) is 35.5 Å². The molecule has 8 aromatic heterocycles. The molecule has 8 heterocycles. The van der Waals surface area contributed by atoms with Crippen LogP contribution in [0, 0.1) is 25.7 Å². The fourth-order valence-corrected chi connectivity index (χ4v) is 9.85. The molecule has 10 aromatic rings. The number of nitrogens with two attached hydrogens (primary N) is 2. The highest BCUT2D eigenvalue weighted by atomic mass is 16.2. The van der Waals surface area contributed by atoms with E-state index in [1.165, 1.54) is 0 Å². The zero-order valence-electron chi connectivity index (χ0n) is 40.6. The van der Waals surface area contributed by atoms with Crippen molar-refractivity contribution in [1.82, 2.24) is 59.1 Å². The van der Waals surface area contributed by atoms with Crippen LogP contribution in [0.3, 0.4) is 0 Å². The first-order valence-corrected chi connectivity index (χ1v) is 23.6. The minimum Gasteiger partial charge on any atom is -0.398 e. The van der Waals surface area contributed by atoms with E-state index in [2.05, 4.69) is 76.9 Å². The molecule has 0 aliphatic heterocycles. The number of hydrogen-bond acceptors (Lipinski definition) is 12. The number of aromatic nitrogens is 12. The number of amides is 2. The van der Waals surface area contributed by atoms with Crippen LogP contribution in [-0.2, 0) is 37.8 Å². The first-order chi connectivity index (χ1) is 34.8. The summed E-state index contributed by atoms with van der Waals surface area (Å²) < 4.78 is 7.14. The Bertz CT molecular complexity index is 3510. The molecule has 2 aliphatic carbocycles. The Morgan fingerprint density at radius 3 is 1.35 bits per heavy atom. The van der Waals surface area contributed by atoms with E-state index in [0.717, 1.165) is 102 Å². The highest BCUT2D eigenvalue weighted by molar-refractivity contribution is 6.03. The summed E-state index contributed by atoms with van der Waals surface area (Å²) in [5.74, 6) is 1.25. The Balaban J connectivity index is 0.000000156. The van der Waals surface area contributed by atoms with Gasteiger partial charge in [0.25, 0.3) is 0 Å². The van der Waals surface area contributed by atoms with Crippen molar-refractivity contribution in [2.75, 3.05) is 22.1 Å². The fraction of sp³-hybridized carbons (Fsp3) is 0.222. The van der Waals surface area contributed by atoms with E-state index in [0.29, 0.717) is 23.0 Å². The molecular weight excluding hydrogens is 905 g/mol. The number of carbonyl (C=O) groups excluding carboxylic acids is 2. The number of aryl methyl sites for hydroxylation is 6. The highest BCUT2D eigenvalue weighted by Gasteiger charge is 2.45. The summed E-state index contributed by atoms with van der Waals surface area (Å²) in [7, 11) is 7.56. The van der Waals surface area contributed by atoms with Gasteiger partial charge in [0.05, 0.1) is 35.2 Å². The zero-order valence-corrected chi connectivity index (χ0v) is 40.6. The number of nitrogens with zero attached hydrogens (tertiary/aromatic N) is 12. The summed E-state index contributed by atoms with van der Waals surface area (Å²) in [6, 6.07) is 19.7. The fourth-order valence-electron chi connectivity index (χ4n) is 9.85. The van der Waals surface area contributed by atoms with Gasteiger partial charge in [-0.25, -0.2) is 9.97 Å². The molecule has 2 aromatic carbocycles. The number of fused-ring (bicyclic) bond motifs is 2. The average molecular weight is 957 g/mol. The Hall–Kier alpha value is -9.06. The van der Waals surface area contributed by atoms with Crippen molar-refractivity contribution in [2.24, 2.45) is 40.0 Å². The molecule has 2 fully saturated rings. The van der Waals surface area contributed by atoms with E-state index < -0.39 is 0 Å². The van der Waals surface area contributed by atoms with Crippen molar-refractivity contribution in [2.45, 2.75) is 38.5 Å². The first kappa shape index (κ1) is 45.4. The van der Waals surface area contributed by atoms with Crippen molar-refractivity contribution in [3.05, 3.63) is 145 Å². The van der Waals surface area contributed by atoms with Crippen LogP contribution < -0.4 is 22.1 Å². The predicted octanol–water partition coefficient (Wildman–Crippen LogP) is 8.13. The van der Waals surface area contributed by atoms with Crippen LogP contribution >= 0.6 is 0 Å². The monoisotopic (exact) mass is 956 g/mol. The van der Waals surface area contributed by atoms with E-state index >= 15 is 0 Å². The lowest BCUT2D eigenvalue weighted by Crippen LogP contribution is -2.15. The van der Waals surface area contributed by atoms with Gasteiger partial charge in [-0.05, 0) is 143 Å². The van der Waals surface area contributed by atoms with Crippen LogP contribution in [0.25, 0.3) is 66.6 Å². The molecule has 12 rings (SSSR count). The van der Waals surface area contributed by atoms with Crippen molar-refractivity contribution in [1.29, 1.82) is 0 Å². The van der Waals surface area contributed by atoms with Crippen molar-refractivity contribution >= 4 is 56.4 Å². The van der Waals surface area contributed by atoms with E-state index in [4.69, 9.17) is 11.5 Å². The lowest BCUT2D eigenvalue weighted by atomic mass is 9.95. The maximum absolute atomic E-state index is 12.9. The molecular formula is C54H52N16O2. The van der Waals surface area contributed by atoms with Crippen LogP contribution in [0.1, 0.15) is 46.9 Å². The smallest absolute Gasteiger partial charge is 0.229 e. The third-order valence-electron chi connectivity index (χ3n) is 13.8. The molecule has 6 N–H and O–H groups in total. The van der Waals surface area contributed by atoms with Gasteiger partial charge in [-0.3, -0.25) is 38.3 Å². The summed E-state index contributed by atoms with van der Waals surface area (Å²) in [5.41, 5.74) is 25.9. The molecule has 4 atom stereocenters. The third kappa shape index (κ3) is 8.67. The molecule has 2 amide bonds. The molecule has 18 nitrogen and oxygen atoms in total. The van der Waals surface area contributed by atoms with Gasteiger partial charge in [0.15, 0.2) is 0 Å². The number of benzene rings is 2. The Kier molecular flexibility index (Phi) is 11.4. The predicted molar refractivity (Wildman–Crippen MR) is 278 cm³/mol.